The molecule has 0 bridgehead atoms. The highest BCUT2D eigenvalue weighted by Crippen LogP contribution is 2.34. The lowest BCUT2D eigenvalue weighted by atomic mass is 9.78. The van der Waals surface area contributed by atoms with Gasteiger partial charge in [-0.1, -0.05) is 38.1 Å². The highest BCUT2D eigenvalue weighted by atomic mass is 16.6. The van der Waals surface area contributed by atoms with Gasteiger partial charge in [0.15, 0.2) is 5.69 Å². The van der Waals surface area contributed by atoms with Gasteiger partial charge in [0, 0.05) is 30.5 Å². The Hall–Kier alpha value is -4.14. The van der Waals surface area contributed by atoms with E-state index in [2.05, 4.69) is 41.3 Å². The molecule has 1 aromatic heterocycles. The van der Waals surface area contributed by atoms with Crippen LogP contribution < -0.4 is 14.8 Å². The number of nitrogens with one attached hydrogen (secondary N) is 1. The third-order valence-electron chi connectivity index (χ3n) is 6.33. The van der Waals surface area contributed by atoms with Gasteiger partial charge in [0.05, 0.1) is 0 Å². The Morgan fingerprint density at radius 1 is 0.895 bits per heavy atom. The van der Waals surface area contributed by atoms with Gasteiger partial charge in [0.1, 0.15) is 23.2 Å². The van der Waals surface area contributed by atoms with Crippen molar-refractivity contribution in [1.82, 2.24) is 15.3 Å². The van der Waals surface area contributed by atoms with Gasteiger partial charge in [-0.3, -0.25) is 0 Å². The predicted molar refractivity (Wildman–Crippen MR) is 141 cm³/mol. The van der Waals surface area contributed by atoms with Gasteiger partial charge >= 0.3 is 18.1 Å². The summed E-state index contributed by atoms with van der Waals surface area (Å²) < 4.78 is 17.0. The number of amides is 1. The van der Waals surface area contributed by atoms with E-state index < -0.39 is 17.7 Å². The number of carbonyl (C=O) groups is 2. The molecule has 4 rings (SSSR count). The fourth-order valence-corrected chi connectivity index (χ4v) is 4.12. The van der Waals surface area contributed by atoms with E-state index in [1.54, 1.807) is 0 Å². The molecular weight excluding hydrogens is 486 g/mol. The molecule has 9 heteroatoms. The van der Waals surface area contributed by atoms with Crippen molar-refractivity contribution in [3.8, 4) is 17.5 Å². The van der Waals surface area contributed by atoms with Crippen LogP contribution in [-0.2, 0) is 10.2 Å². The van der Waals surface area contributed by atoms with Crippen LogP contribution >= 0.6 is 0 Å². The Kier molecular flexibility index (Phi) is 7.57. The minimum absolute atomic E-state index is 0.0223. The van der Waals surface area contributed by atoms with Crippen molar-refractivity contribution < 1.29 is 28.9 Å². The summed E-state index contributed by atoms with van der Waals surface area (Å²) in [6, 6.07) is 16.9. The van der Waals surface area contributed by atoms with Gasteiger partial charge in [-0.2, -0.15) is 4.98 Å². The van der Waals surface area contributed by atoms with Crippen molar-refractivity contribution in [3.05, 3.63) is 77.6 Å². The molecular formula is C29H33N3O6. The molecule has 1 saturated carbocycles. The Morgan fingerprint density at radius 3 is 2.03 bits per heavy atom. The summed E-state index contributed by atoms with van der Waals surface area (Å²) in [6.07, 6.45) is 2.49. The number of aromatic carboxylic acids is 1. The second-order valence-electron chi connectivity index (χ2n) is 10.9. The minimum Gasteiger partial charge on any atom is -0.490 e. The minimum atomic E-state index is -1.14. The first-order valence-electron chi connectivity index (χ1n) is 12.5. The van der Waals surface area contributed by atoms with E-state index >= 15 is 0 Å². The molecule has 0 atom stereocenters. The topological polar surface area (TPSA) is 120 Å². The van der Waals surface area contributed by atoms with Crippen LogP contribution in [0.4, 0.5) is 4.79 Å². The van der Waals surface area contributed by atoms with Crippen molar-refractivity contribution in [3.63, 3.8) is 0 Å². The van der Waals surface area contributed by atoms with Crippen LogP contribution in [-0.4, -0.2) is 44.9 Å². The molecule has 3 aromatic rings. The average molecular weight is 520 g/mol. The molecule has 2 aromatic carbocycles. The Bertz CT molecular complexity index is 1280. The molecule has 1 amide bonds. The Morgan fingerprint density at radius 2 is 1.47 bits per heavy atom. The molecule has 0 unspecified atom stereocenters. The van der Waals surface area contributed by atoms with Crippen LogP contribution in [0.5, 0.6) is 17.5 Å². The third-order valence-corrected chi connectivity index (χ3v) is 6.33. The maximum atomic E-state index is 11.9. The first-order valence-corrected chi connectivity index (χ1v) is 12.5. The van der Waals surface area contributed by atoms with Crippen molar-refractivity contribution in [2.75, 3.05) is 0 Å². The lowest BCUT2D eigenvalue weighted by Gasteiger charge is -2.36. The molecule has 0 saturated heterocycles. The summed E-state index contributed by atoms with van der Waals surface area (Å²) in [5.41, 5.74) is 1.27. The number of alkyl carbamates (subject to hydrolysis) is 1. The molecule has 9 nitrogen and oxygen atoms in total. The zero-order valence-corrected chi connectivity index (χ0v) is 22.2. The summed E-state index contributed by atoms with van der Waals surface area (Å²) in [5.74, 6) is 0.159. The number of hydrogen-bond acceptors (Lipinski definition) is 7. The second-order valence-corrected chi connectivity index (χ2v) is 10.9. The molecule has 0 aliphatic heterocycles. The number of benzene rings is 2. The van der Waals surface area contributed by atoms with E-state index in [0.717, 1.165) is 29.7 Å². The lowest BCUT2D eigenvalue weighted by molar-refractivity contribution is 0.0362. The number of nitrogens with zero attached hydrogens (tertiary/aromatic N) is 2. The summed E-state index contributed by atoms with van der Waals surface area (Å²) in [5, 5.41) is 12.0. The molecule has 2 N–H and O–H groups in total. The number of hydrogen-bond donors (Lipinski definition) is 2. The van der Waals surface area contributed by atoms with Crippen molar-refractivity contribution in [1.29, 1.82) is 0 Å². The standard InChI is InChI=1S/C29H33N3O6/c1-28(2,3)38-27(35)31-20-16-23(17-20)36-21-10-6-18(7-11-21)29(4,5)19-8-12-22(13-9-19)37-26-30-15-14-24(32-26)25(33)34/h6-15,20,23H,16-17H2,1-5H3,(H,31,35)(H,33,34). The summed E-state index contributed by atoms with van der Waals surface area (Å²) >= 11 is 0. The molecule has 0 radical (unpaired) electrons. The quantitative estimate of drug-likeness (QED) is 0.387. The smallest absolute Gasteiger partial charge is 0.407 e. The molecule has 1 heterocycles. The predicted octanol–water partition coefficient (Wildman–Crippen LogP) is 5.73. The number of carboxylic acids is 1. The summed E-state index contributed by atoms with van der Waals surface area (Å²) in [6.45, 7) is 9.80. The molecule has 1 fully saturated rings. The van der Waals surface area contributed by atoms with E-state index in [1.165, 1.54) is 12.3 Å². The maximum absolute atomic E-state index is 11.9. The lowest BCUT2D eigenvalue weighted by Crippen LogP contribution is -2.50. The molecule has 1 aliphatic rings. The monoisotopic (exact) mass is 519 g/mol. The van der Waals surface area contributed by atoms with E-state index in [1.807, 2.05) is 57.2 Å². The van der Waals surface area contributed by atoms with Crippen molar-refractivity contribution in [2.45, 2.75) is 70.6 Å². The fourth-order valence-electron chi connectivity index (χ4n) is 4.12. The van der Waals surface area contributed by atoms with Gasteiger partial charge < -0.3 is 24.6 Å². The highest BCUT2D eigenvalue weighted by molar-refractivity contribution is 5.85. The van der Waals surface area contributed by atoms with E-state index in [9.17, 15) is 9.59 Å². The largest absolute Gasteiger partial charge is 0.490 e. The SMILES string of the molecule is CC(C)(C)OC(=O)NC1CC(Oc2ccc(C(C)(C)c3ccc(Oc4nccc(C(=O)O)n4)cc3)cc2)C1. The maximum Gasteiger partial charge on any atom is 0.407 e. The van der Waals surface area contributed by atoms with E-state index in [4.69, 9.17) is 19.3 Å². The fraction of sp³-hybridized carbons (Fsp3) is 0.379. The number of ether oxygens (including phenoxy) is 3. The van der Waals surface area contributed by atoms with Crippen LogP contribution in [0.15, 0.2) is 60.8 Å². The normalized spacial score (nSPS) is 17.2. The van der Waals surface area contributed by atoms with Crippen LogP contribution in [0.1, 0.15) is 69.1 Å². The number of carboxylic acid groups (broad SMARTS) is 1. The third kappa shape index (κ3) is 6.79. The highest BCUT2D eigenvalue weighted by Gasteiger charge is 2.33. The van der Waals surface area contributed by atoms with Crippen molar-refractivity contribution in [2.24, 2.45) is 0 Å². The molecule has 0 spiro atoms. The van der Waals surface area contributed by atoms with Crippen LogP contribution in [0.3, 0.4) is 0 Å². The zero-order valence-electron chi connectivity index (χ0n) is 22.2. The molecule has 200 valence electrons. The van der Waals surface area contributed by atoms with Gasteiger partial charge in [-0.15, -0.1) is 0 Å². The average Bonchev–Trinajstić information content (AvgIpc) is 2.82. The van der Waals surface area contributed by atoms with Crippen LogP contribution in [0, 0.1) is 0 Å². The van der Waals surface area contributed by atoms with Crippen LogP contribution in [0.25, 0.3) is 0 Å². The van der Waals surface area contributed by atoms with E-state index in [-0.39, 0.29) is 29.3 Å². The van der Waals surface area contributed by atoms with Gasteiger partial charge in [0.2, 0.25) is 0 Å². The number of rotatable bonds is 8. The van der Waals surface area contributed by atoms with Gasteiger partial charge in [0.25, 0.3) is 0 Å². The Balaban J connectivity index is 1.31. The summed E-state index contributed by atoms with van der Waals surface area (Å²) in [4.78, 5) is 30.9. The number of aromatic nitrogens is 2. The second kappa shape index (κ2) is 10.7. The van der Waals surface area contributed by atoms with E-state index in [0.29, 0.717) is 5.75 Å². The van der Waals surface area contributed by atoms with Crippen LogP contribution in [0.2, 0.25) is 0 Å². The van der Waals surface area contributed by atoms with Gasteiger partial charge in [-0.05, 0) is 62.2 Å². The molecule has 38 heavy (non-hydrogen) atoms. The summed E-state index contributed by atoms with van der Waals surface area (Å²) in [7, 11) is 0. The molecule has 1 aliphatic carbocycles. The number of carbonyl (C=O) groups excluding carboxylic acids is 1. The van der Waals surface area contributed by atoms with Gasteiger partial charge in [-0.25, -0.2) is 14.6 Å². The first-order chi connectivity index (χ1) is 17.9. The zero-order chi connectivity index (χ0) is 27.5. The first kappa shape index (κ1) is 26.9. The van der Waals surface area contributed by atoms with Crippen molar-refractivity contribution >= 4 is 12.1 Å². The Labute approximate surface area is 222 Å².